The van der Waals surface area contributed by atoms with Crippen LogP contribution in [0.4, 0.5) is 4.39 Å². The second kappa shape index (κ2) is 7.08. The Hall–Kier alpha value is -2.96. The molecule has 6 nitrogen and oxygen atoms in total. The van der Waals surface area contributed by atoms with E-state index in [1.165, 1.54) is 30.5 Å². The largest absolute Gasteiger partial charge is 0.459 e. The molecule has 0 spiro atoms. The molecule has 0 N–H and O–H groups in total. The van der Waals surface area contributed by atoms with E-state index in [2.05, 4.69) is 10.2 Å². The minimum Gasteiger partial charge on any atom is -0.459 e. The summed E-state index contributed by atoms with van der Waals surface area (Å²) >= 11 is 0. The van der Waals surface area contributed by atoms with Gasteiger partial charge in [0.15, 0.2) is 5.76 Å². The van der Waals surface area contributed by atoms with Crippen LogP contribution in [-0.2, 0) is 6.54 Å². The van der Waals surface area contributed by atoms with Gasteiger partial charge in [0.25, 0.3) is 11.8 Å². The number of hydrogen-bond acceptors (Lipinski definition) is 5. The Balaban J connectivity index is 1.76. The van der Waals surface area contributed by atoms with Gasteiger partial charge < -0.3 is 13.7 Å². The van der Waals surface area contributed by atoms with Crippen molar-refractivity contribution in [2.45, 2.75) is 19.9 Å². The van der Waals surface area contributed by atoms with Crippen LogP contribution in [0.5, 0.6) is 0 Å². The molecule has 0 saturated carbocycles. The first-order valence-electron chi connectivity index (χ1n) is 7.58. The Labute approximate surface area is 137 Å². The van der Waals surface area contributed by atoms with Crippen molar-refractivity contribution in [2.75, 3.05) is 6.54 Å². The predicted molar refractivity (Wildman–Crippen MR) is 83.4 cm³/mol. The van der Waals surface area contributed by atoms with Gasteiger partial charge >= 0.3 is 0 Å². The molecule has 0 atom stereocenters. The van der Waals surface area contributed by atoms with Crippen LogP contribution in [0.3, 0.4) is 0 Å². The number of carbonyl (C=O) groups excluding carboxylic acids is 1. The van der Waals surface area contributed by atoms with Crippen LogP contribution in [0.25, 0.3) is 11.7 Å². The van der Waals surface area contributed by atoms with Crippen molar-refractivity contribution in [3.05, 3.63) is 59.9 Å². The zero-order chi connectivity index (χ0) is 16.9. The highest BCUT2D eigenvalue weighted by Gasteiger charge is 2.19. The normalized spacial score (nSPS) is 10.8. The van der Waals surface area contributed by atoms with Crippen LogP contribution in [0, 0.1) is 5.82 Å². The highest BCUT2D eigenvalue weighted by Crippen LogP contribution is 2.19. The third-order valence-corrected chi connectivity index (χ3v) is 3.40. The summed E-state index contributed by atoms with van der Waals surface area (Å²) < 4.78 is 23.8. The average Bonchev–Trinajstić information content (AvgIpc) is 3.26. The van der Waals surface area contributed by atoms with Crippen LogP contribution in [0.1, 0.15) is 29.6 Å². The summed E-state index contributed by atoms with van der Waals surface area (Å²) in [6.45, 7) is 2.67. The highest BCUT2D eigenvalue weighted by molar-refractivity contribution is 5.94. The zero-order valence-electron chi connectivity index (χ0n) is 13.1. The third kappa shape index (κ3) is 3.51. The van der Waals surface area contributed by atoms with Crippen molar-refractivity contribution in [3.8, 4) is 11.7 Å². The standard InChI is InChI=1S/C17H16FN3O3/c1-2-9-21(17(22)12-5-7-13(18)8-6-12)11-15-19-20-16(24-15)14-4-3-10-23-14/h3-8,10H,2,9,11H2,1H3. The first-order valence-corrected chi connectivity index (χ1v) is 7.58. The molecule has 2 heterocycles. The van der Waals surface area contributed by atoms with E-state index in [0.717, 1.165) is 6.42 Å². The SMILES string of the molecule is CCCN(Cc1nnc(-c2ccco2)o1)C(=O)c1ccc(F)cc1. The molecule has 0 aliphatic rings. The lowest BCUT2D eigenvalue weighted by Crippen LogP contribution is -2.31. The van der Waals surface area contributed by atoms with E-state index in [1.807, 2.05) is 6.92 Å². The summed E-state index contributed by atoms with van der Waals surface area (Å²) in [4.78, 5) is 14.2. The molecule has 0 aliphatic heterocycles. The first kappa shape index (κ1) is 15.9. The molecule has 24 heavy (non-hydrogen) atoms. The quantitative estimate of drug-likeness (QED) is 0.692. The number of furan rings is 1. The van der Waals surface area contributed by atoms with Crippen molar-refractivity contribution in [1.29, 1.82) is 0 Å². The fourth-order valence-corrected chi connectivity index (χ4v) is 2.28. The maximum absolute atomic E-state index is 13.0. The average molecular weight is 329 g/mol. The van der Waals surface area contributed by atoms with Crippen molar-refractivity contribution < 1.29 is 18.0 Å². The summed E-state index contributed by atoms with van der Waals surface area (Å²) in [5.74, 6) is 0.454. The Bertz CT molecular complexity index is 797. The zero-order valence-corrected chi connectivity index (χ0v) is 13.1. The highest BCUT2D eigenvalue weighted by atomic mass is 19.1. The lowest BCUT2D eigenvalue weighted by Gasteiger charge is -2.20. The second-order valence-electron chi connectivity index (χ2n) is 5.21. The van der Waals surface area contributed by atoms with E-state index < -0.39 is 0 Å². The molecule has 124 valence electrons. The van der Waals surface area contributed by atoms with Crippen molar-refractivity contribution >= 4 is 5.91 Å². The number of amides is 1. The molecule has 0 aliphatic carbocycles. The number of carbonyl (C=O) groups is 1. The number of rotatable bonds is 6. The Morgan fingerprint density at radius 3 is 2.67 bits per heavy atom. The fourth-order valence-electron chi connectivity index (χ4n) is 2.28. The molecular weight excluding hydrogens is 313 g/mol. The van der Waals surface area contributed by atoms with Gasteiger partial charge in [0.05, 0.1) is 12.8 Å². The monoisotopic (exact) mass is 329 g/mol. The second-order valence-corrected chi connectivity index (χ2v) is 5.21. The van der Waals surface area contributed by atoms with E-state index in [-0.39, 0.29) is 24.2 Å². The van der Waals surface area contributed by atoms with E-state index in [1.54, 1.807) is 17.0 Å². The molecule has 2 aromatic heterocycles. The number of hydrogen-bond donors (Lipinski definition) is 0. The summed E-state index contributed by atoms with van der Waals surface area (Å²) in [5.41, 5.74) is 0.413. The number of aromatic nitrogens is 2. The van der Waals surface area contributed by atoms with Gasteiger partial charge in [0, 0.05) is 12.1 Å². The maximum Gasteiger partial charge on any atom is 0.283 e. The molecule has 0 saturated heterocycles. The predicted octanol–water partition coefficient (Wildman–Crippen LogP) is 3.52. The van der Waals surface area contributed by atoms with Gasteiger partial charge in [-0.05, 0) is 42.8 Å². The summed E-state index contributed by atoms with van der Waals surface area (Å²) in [6, 6.07) is 8.88. The maximum atomic E-state index is 13.0. The van der Waals surface area contributed by atoms with E-state index in [4.69, 9.17) is 8.83 Å². The number of halogens is 1. The topological polar surface area (TPSA) is 72.4 Å². The van der Waals surface area contributed by atoms with Gasteiger partial charge in [-0.3, -0.25) is 4.79 Å². The number of nitrogens with zero attached hydrogens (tertiary/aromatic N) is 3. The van der Waals surface area contributed by atoms with E-state index in [9.17, 15) is 9.18 Å². The van der Waals surface area contributed by atoms with Gasteiger partial charge in [0.2, 0.25) is 5.89 Å². The van der Waals surface area contributed by atoms with Crippen LogP contribution in [-0.4, -0.2) is 27.5 Å². The van der Waals surface area contributed by atoms with E-state index >= 15 is 0 Å². The van der Waals surface area contributed by atoms with Crippen LogP contribution in [0.2, 0.25) is 0 Å². The minimum atomic E-state index is -0.381. The molecule has 3 aromatic rings. The smallest absolute Gasteiger partial charge is 0.283 e. The molecule has 0 bridgehead atoms. The van der Waals surface area contributed by atoms with Crippen LogP contribution < -0.4 is 0 Å². The molecule has 7 heteroatoms. The molecule has 0 radical (unpaired) electrons. The van der Waals surface area contributed by atoms with Crippen LogP contribution in [0.15, 0.2) is 51.5 Å². The third-order valence-electron chi connectivity index (χ3n) is 3.40. The summed E-state index contributed by atoms with van der Waals surface area (Å²) in [5, 5.41) is 7.87. The van der Waals surface area contributed by atoms with Gasteiger partial charge in [-0.1, -0.05) is 6.92 Å². The Morgan fingerprint density at radius 2 is 2.00 bits per heavy atom. The van der Waals surface area contributed by atoms with Crippen molar-refractivity contribution in [2.24, 2.45) is 0 Å². The van der Waals surface area contributed by atoms with Crippen LogP contribution >= 0.6 is 0 Å². The molecule has 1 amide bonds. The van der Waals surface area contributed by atoms with Gasteiger partial charge in [0.1, 0.15) is 5.82 Å². The molecule has 3 rings (SSSR count). The number of benzene rings is 1. The summed E-state index contributed by atoms with van der Waals surface area (Å²) in [6.07, 6.45) is 2.28. The van der Waals surface area contributed by atoms with Gasteiger partial charge in [-0.25, -0.2) is 4.39 Å². The fraction of sp³-hybridized carbons (Fsp3) is 0.235. The van der Waals surface area contributed by atoms with E-state index in [0.29, 0.717) is 23.8 Å². The van der Waals surface area contributed by atoms with Crippen molar-refractivity contribution in [3.63, 3.8) is 0 Å². The molecule has 0 fully saturated rings. The Morgan fingerprint density at radius 1 is 1.21 bits per heavy atom. The van der Waals surface area contributed by atoms with Crippen molar-refractivity contribution in [1.82, 2.24) is 15.1 Å². The lowest BCUT2D eigenvalue weighted by molar-refractivity contribution is 0.0728. The molecule has 1 aromatic carbocycles. The van der Waals surface area contributed by atoms with Gasteiger partial charge in [-0.2, -0.15) is 0 Å². The molecular formula is C17H16FN3O3. The first-order chi connectivity index (χ1) is 11.7. The van der Waals surface area contributed by atoms with Gasteiger partial charge in [-0.15, -0.1) is 10.2 Å². The minimum absolute atomic E-state index is 0.178. The molecule has 0 unspecified atom stereocenters. The summed E-state index contributed by atoms with van der Waals surface area (Å²) in [7, 11) is 0. The Kier molecular flexibility index (Phi) is 4.69. The lowest BCUT2D eigenvalue weighted by atomic mass is 10.2.